The zero-order chi connectivity index (χ0) is 17.3. The molecule has 0 aliphatic rings. The first-order valence-corrected chi connectivity index (χ1v) is 11.4. The van der Waals surface area contributed by atoms with Gasteiger partial charge in [-0.05, 0) is 55.4 Å². The summed E-state index contributed by atoms with van der Waals surface area (Å²) in [4.78, 5) is 23.5. The van der Waals surface area contributed by atoms with Crippen LogP contribution in [0.5, 0.6) is 0 Å². The Morgan fingerprint density at radius 3 is 2.30 bits per heavy atom. The van der Waals surface area contributed by atoms with Crippen molar-refractivity contribution in [2.45, 2.75) is 38.6 Å². The Kier molecular flexibility index (Phi) is 17.0. The van der Waals surface area contributed by atoms with Crippen molar-refractivity contribution in [2.24, 2.45) is 0 Å². The summed E-state index contributed by atoms with van der Waals surface area (Å²) in [7, 11) is 1.22. The molecule has 0 bridgehead atoms. The van der Waals surface area contributed by atoms with Crippen LogP contribution in [-0.2, 0) is 4.52 Å². The zero-order valence-electron chi connectivity index (χ0n) is 14.2. The molecule has 1 aromatic heterocycles. The van der Waals surface area contributed by atoms with E-state index in [4.69, 9.17) is 9.79 Å². The molecule has 0 atom stereocenters. The number of hydrogen-bond donors (Lipinski definition) is 2. The summed E-state index contributed by atoms with van der Waals surface area (Å²) in [6.45, 7) is 10.5. The number of hydrogen-bond acceptors (Lipinski definition) is 7. The molecule has 1 aromatic rings. The summed E-state index contributed by atoms with van der Waals surface area (Å²) in [5, 5.41) is 1.01. The van der Waals surface area contributed by atoms with Crippen molar-refractivity contribution in [3.8, 4) is 0 Å². The maximum Gasteiger partial charge on any atom is 0.327 e. The highest BCUT2D eigenvalue weighted by Gasteiger charge is 1.99. The molecule has 0 spiro atoms. The molecule has 8 heteroatoms. The first-order valence-electron chi connectivity index (χ1n) is 7.87. The molecule has 0 saturated heterocycles. The highest BCUT2D eigenvalue weighted by atomic mass is 33.1. The maximum atomic E-state index is 8.48. The van der Waals surface area contributed by atoms with Gasteiger partial charge in [0.25, 0.3) is 0 Å². The van der Waals surface area contributed by atoms with Gasteiger partial charge in [0.1, 0.15) is 5.03 Å². The predicted octanol–water partition coefficient (Wildman–Crippen LogP) is 4.18. The third kappa shape index (κ3) is 15.4. The van der Waals surface area contributed by atoms with E-state index in [0.717, 1.165) is 23.6 Å². The molecule has 0 radical (unpaired) electrons. The van der Waals surface area contributed by atoms with E-state index >= 15 is 0 Å². The molecule has 0 unspecified atom stereocenters. The van der Waals surface area contributed by atoms with Crippen LogP contribution in [-0.4, -0.2) is 51.7 Å². The fourth-order valence-corrected chi connectivity index (χ4v) is 3.90. The number of unbranched alkanes of at least 4 members (excludes halogenated alkanes) is 1. The van der Waals surface area contributed by atoms with E-state index in [-0.39, 0.29) is 0 Å². The van der Waals surface area contributed by atoms with Crippen LogP contribution < -0.4 is 0 Å². The molecular formula is C15H29N2O3PS2. The standard InChI is InChI=1S/C9H14NO3PS2.C6H15N/c11-14(12)13-7-3-4-8-15-16-9-5-1-2-6-10-9;1-4-7(5-2)6-3/h1-2,5-6,11-12H,3-4,7-8H2;4-6H2,1-3H3. The highest BCUT2D eigenvalue weighted by molar-refractivity contribution is 8.76. The van der Waals surface area contributed by atoms with Gasteiger partial charge in [-0.3, -0.25) is 0 Å². The van der Waals surface area contributed by atoms with Gasteiger partial charge in [0, 0.05) is 11.9 Å². The molecule has 1 rings (SSSR count). The molecule has 0 aromatic carbocycles. The molecular weight excluding hydrogens is 351 g/mol. The lowest BCUT2D eigenvalue weighted by Crippen LogP contribution is -2.21. The third-order valence-corrected chi connectivity index (χ3v) is 5.72. The summed E-state index contributed by atoms with van der Waals surface area (Å²) < 4.78 is 4.65. The minimum atomic E-state index is -2.18. The molecule has 0 aliphatic carbocycles. The Bertz CT molecular complexity index is 352. The third-order valence-electron chi connectivity index (χ3n) is 2.95. The molecule has 2 N–H and O–H groups in total. The molecule has 23 heavy (non-hydrogen) atoms. The summed E-state index contributed by atoms with van der Waals surface area (Å²) in [6, 6.07) is 5.84. The van der Waals surface area contributed by atoms with Crippen molar-refractivity contribution >= 4 is 30.2 Å². The molecule has 5 nitrogen and oxygen atoms in total. The molecule has 0 fully saturated rings. The molecule has 0 amide bonds. The fraction of sp³-hybridized carbons (Fsp3) is 0.667. The Hall–Kier alpha value is 0.120. The average Bonchev–Trinajstić information content (AvgIpc) is 2.57. The van der Waals surface area contributed by atoms with Crippen molar-refractivity contribution in [2.75, 3.05) is 32.0 Å². The summed E-state index contributed by atoms with van der Waals surface area (Å²) >= 11 is 0. The van der Waals surface area contributed by atoms with E-state index in [9.17, 15) is 0 Å². The zero-order valence-corrected chi connectivity index (χ0v) is 16.7. The van der Waals surface area contributed by atoms with Crippen LogP contribution in [0.4, 0.5) is 0 Å². The van der Waals surface area contributed by atoms with E-state index in [1.807, 2.05) is 18.2 Å². The topological polar surface area (TPSA) is 65.8 Å². The van der Waals surface area contributed by atoms with E-state index in [0.29, 0.717) is 6.61 Å². The van der Waals surface area contributed by atoms with Crippen molar-refractivity contribution in [3.05, 3.63) is 24.4 Å². The predicted molar refractivity (Wildman–Crippen MR) is 103 cm³/mol. The van der Waals surface area contributed by atoms with Gasteiger partial charge in [-0.15, -0.1) is 0 Å². The number of nitrogens with zero attached hydrogens (tertiary/aromatic N) is 2. The average molecular weight is 381 g/mol. The maximum absolute atomic E-state index is 8.48. The van der Waals surface area contributed by atoms with Gasteiger partial charge in [0.15, 0.2) is 0 Å². The van der Waals surface area contributed by atoms with Crippen LogP contribution in [0.3, 0.4) is 0 Å². The summed E-state index contributed by atoms with van der Waals surface area (Å²) in [6.07, 6.45) is 3.62. The number of aromatic nitrogens is 1. The normalized spacial score (nSPS) is 10.7. The first-order chi connectivity index (χ1) is 11.1. The van der Waals surface area contributed by atoms with Crippen LogP contribution in [0.25, 0.3) is 0 Å². The Balaban J connectivity index is 0.000000585. The smallest absolute Gasteiger partial charge is 0.327 e. The first kappa shape index (κ1) is 23.1. The summed E-state index contributed by atoms with van der Waals surface area (Å²) in [5.41, 5.74) is 0. The van der Waals surface area contributed by atoms with Crippen LogP contribution in [0.2, 0.25) is 0 Å². The molecule has 0 saturated carbocycles. The van der Waals surface area contributed by atoms with Gasteiger partial charge in [0.05, 0.1) is 6.61 Å². The SMILES string of the molecule is CCN(CC)CC.OP(O)OCCCCSSc1ccccn1. The van der Waals surface area contributed by atoms with Crippen LogP contribution >= 0.6 is 30.2 Å². The lowest BCUT2D eigenvalue weighted by atomic mass is 10.4. The monoisotopic (exact) mass is 380 g/mol. The van der Waals surface area contributed by atoms with Crippen LogP contribution in [0, 0.1) is 0 Å². The Morgan fingerprint density at radius 2 is 1.83 bits per heavy atom. The Morgan fingerprint density at radius 1 is 1.13 bits per heavy atom. The minimum Gasteiger partial charge on any atom is -0.328 e. The van der Waals surface area contributed by atoms with Gasteiger partial charge in [-0.1, -0.05) is 37.6 Å². The van der Waals surface area contributed by atoms with Gasteiger partial charge in [-0.2, -0.15) is 0 Å². The Labute approximate surface area is 149 Å². The molecule has 134 valence electrons. The summed E-state index contributed by atoms with van der Waals surface area (Å²) in [5.74, 6) is 0.999. The van der Waals surface area contributed by atoms with Crippen molar-refractivity contribution in [1.29, 1.82) is 0 Å². The van der Waals surface area contributed by atoms with E-state index in [1.54, 1.807) is 27.8 Å². The quantitative estimate of drug-likeness (QED) is 0.339. The van der Waals surface area contributed by atoms with E-state index in [2.05, 4.69) is 35.2 Å². The van der Waals surface area contributed by atoms with Crippen LogP contribution in [0.1, 0.15) is 33.6 Å². The molecule has 0 aliphatic heterocycles. The van der Waals surface area contributed by atoms with Crippen molar-refractivity contribution < 1.29 is 14.3 Å². The van der Waals surface area contributed by atoms with Crippen molar-refractivity contribution in [1.82, 2.24) is 9.88 Å². The molecule has 1 heterocycles. The fourth-order valence-electron chi connectivity index (χ4n) is 1.58. The van der Waals surface area contributed by atoms with Gasteiger partial charge < -0.3 is 19.2 Å². The van der Waals surface area contributed by atoms with E-state index in [1.165, 1.54) is 19.6 Å². The second kappa shape index (κ2) is 17.0. The van der Waals surface area contributed by atoms with E-state index < -0.39 is 8.60 Å². The highest BCUT2D eigenvalue weighted by Crippen LogP contribution is 2.30. The van der Waals surface area contributed by atoms with Gasteiger partial charge in [-0.25, -0.2) is 4.98 Å². The largest absolute Gasteiger partial charge is 0.328 e. The number of rotatable bonds is 11. The second-order valence-electron chi connectivity index (χ2n) is 4.49. The number of pyridine rings is 1. The van der Waals surface area contributed by atoms with Crippen molar-refractivity contribution in [3.63, 3.8) is 0 Å². The lowest BCUT2D eigenvalue weighted by molar-refractivity contribution is 0.251. The second-order valence-corrected chi connectivity index (χ2v) is 7.69. The lowest BCUT2D eigenvalue weighted by Gasteiger charge is -2.13. The van der Waals surface area contributed by atoms with Crippen LogP contribution in [0.15, 0.2) is 29.4 Å². The minimum absolute atomic E-state index is 0.410. The van der Waals surface area contributed by atoms with Gasteiger partial charge >= 0.3 is 8.60 Å². The van der Waals surface area contributed by atoms with Gasteiger partial charge in [0.2, 0.25) is 0 Å².